The lowest BCUT2D eigenvalue weighted by atomic mass is 9.53. The van der Waals surface area contributed by atoms with Gasteiger partial charge in [0.1, 0.15) is 17.1 Å². The number of Topliss-reactive ketones (excluding diaryl/α,β-unsaturated/α-hetero) is 2. The van der Waals surface area contributed by atoms with Crippen LogP contribution in [0, 0.1) is 22.0 Å². The molecule has 40 heavy (non-hydrogen) atoms. The van der Waals surface area contributed by atoms with E-state index in [0.29, 0.717) is 11.3 Å². The zero-order chi connectivity index (χ0) is 30.9. The minimum atomic E-state index is -5.17. The zero-order valence-electron chi connectivity index (χ0n) is 21.5. The number of ketones is 2. The molecule has 0 saturated heterocycles. The number of nitro benzene ring substituents is 1. The summed E-state index contributed by atoms with van der Waals surface area (Å²) in [5.41, 5.74) is -0.187. The molecule has 0 bridgehead atoms. The number of primary amides is 1. The third kappa shape index (κ3) is 4.55. The number of aromatic hydroxyl groups is 1. The fourth-order valence-corrected chi connectivity index (χ4v) is 5.81. The molecule has 1 saturated carbocycles. The van der Waals surface area contributed by atoms with Gasteiger partial charge in [-0.1, -0.05) is 13.8 Å². The third-order valence-electron chi connectivity index (χ3n) is 7.55. The van der Waals surface area contributed by atoms with Crippen LogP contribution in [0.4, 0.5) is 11.4 Å². The van der Waals surface area contributed by atoms with Gasteiger partial charge in [-0.05, 0) is 17.4 Å². The van der Waals surface area contributed by atoms with Crippen LogP contribution in [-0.4, -0.2) is 80.0 Å². The van der Waals surface area contributed by atoms with E-state index >= 15 is 0 Å². The molecule has 218 valence electrons. The van der Waals surface area contributed by atoms with Gasteiger partial charge in [-0.15, -0.1) is 0 Å². The lowest BCUT2D eigenvalue weighted by Gasteiger charge is -2.51. The summed E-state index contributed by atoms with van der Waals surface area (Å²) < 4.78 is 34.1. The Bertz CT molecular complexity index is 1530. The average molecular weight is 584 g/mol. The Hall–Kier alpha value is -4.06. The summed E-state index contributed by atoms with van der Waals surface area (Å²) in [6, 6.07) is 1.17. The Morgan fingerprint density at radius 1 is 1.18 bits per heavy atom. The second-order valence-electron chi connectivity index (χ2n) is 10.4. The smallest absolute Gasteiger partial charge is 0.313 e. The highest BCUT2D eigenvalue weighted by atomic mass is 32.3. The maximum absolute atomic E-state index is 13.7. The number of amides is 1. The number of rotatable bonds is 3. The number of hydrogen-bond acceptors (Lipinski definition) is 14. The zero-order valence-corrected chi connectivity index (χ0v) is 22.3. The number of aliphatic hydroxyl groups excluding tert-OH is 2. The van der Waals surface area contributed by atoms with Crippen LogP contribution in [-0.2, 0) is 30.2 Å². The first-order chi connectivity index (χ1) is 18.1. The Balaban J connectivity index is 0.000000810. The standard InChI is InChI=1S/C23H25N3O9.H2O4S/c1-22(2)9-5-8-6-12(27)14(21(24)32)20(31)23(8,33)19(30)13(9)18(29)15-16(22)10(25(3)4)7-11(17(15)28)26(34)35;1-5(2,3)4/h7-9,28-29,31,33H,5-6H2,1-4H3,(H2,24,32);(H2,1,2,3,4)/p-2. The highest BCUT2D eigenvalue weighted by Gasteiger charge is 2.63. The summed E-state index contributed by atoms with van der Waals surface area (Å²) >= 11 is 0. The number of hydrogen-bond donors (Lipinski definition) is 5. The summed E-state index contributed by atoms with van der Waals surface area (Å²) in [5.74, 6) is -8.05. The molecule has 6 N–H and O–H groups in total. The van der Waals surface area contributed by atoms with Crippen molar-refractivity contribution in [3.05, 3.63) is 44.2 Å². The molecule has 0 heterocycles. The van der Waals surface area contributed by atoms with Crippen LogP contribution in [0.1, 0.15) is 37.8 Å². The van der Waals surface area contributed by atoms with Crippen molar-refractivity contribution in [2.75, 3.05) is 19.0 Å². The lowest BCUT2D eigenvalue weighted by molar-refractivity contribution is -0.385. The maximum Gasteiger partial charge on any atom is 0.313 e. The minimum absolute atomic E-state index is 0.0550. The van der Waals surface area contributed by atoms with E-state index < -0.39 is 90.6 Å². The topological polar surface area (TPSA) is 285 Å². The van der Waals surface area contributed by atoms with Gasteiger partial charge in [0.15, 0.2) is 11.4 Å². The largest absolute Gasteiger partial charge is 0.759 e. The molecule has 1 fully saturated rings. The Morgan fingerprint density at radius 3 is 2.15 bits per heavy atom. The molecule has 1 amide bonds. The van der Waals surface area contributed by atoms with Crippen LogP contribution in [0.3, 0.4) is 0 Å². The number of nitrogens with two attached hydrogens (primary N) is 1. The molecular weight excluding hydrogens is 558 g/mol. The average Bonchev–Trinajstić information content (AvgIpc) is 2.77. The predicted molar refractivity (Wildman–Crippen MR) is 132 cm³/mol. The number of aliphatic hydroxyl groups is 3. The highest BCUT2D eigenvalue weighted by molar-refractivity contribution is 7.79. The molecule has 17 heteroatoms. The van der Waals surface area contributed by atoms with Crippen molar-refractivity contribution in [2.24, 2.45) is 17.6 Å². The SMILES string of the molecule is CN(C)c1cc([N+](=O)[O-])c(O)c2c1C(C)(C)C1CC3CC(=O)C(C(N)=O)=C(O)C3(O)C(=O)C1=C2O.O=S(=O)([O-])[O-]. The van der Waals surface area contributed by atoms with E-state index in [9.17, 15) is 44.9 Å². The van der Waals surface area contributed by atoms with E-state index in [4.69, 9.17) is 23.3 Å². The molecule has 0 spiro atoms. The van der Waals surface area contributed by atoms with Crippen molar-refractivity contribution in [3.8, 4) is 5.75 Å². The van der Waals surface area contributed by atoms with Gasteiger partial charge < -0.3 is 40.2 Å². The summed E-state index contributed by atoms with van der Waals surface area (Å²) in [7, 11) is -1.91. The van der Waals surface area contributed by atoms with Gasteiger partial charge in [0.25, 0.3) is 5.91 Å². The third-order valence-corrected chi connectivity index (χ3v) is 7.55. The number of phenolic OH excluding ortho intramolecular Hbond substituents is 1. The van der Waals surface area contributed by atoms with Gasteiger partial charge in [-0.2, -0.15) is 0 Å². The molecule has 3 atom stereocenters. The van der Waals surface area contributed by atoms with Crippen molar-refractivity contribution in [3.63, 3.8) is 0 Å². The van der Waals surface area contributed by atoms with Crippen LogP contribution in [0.2, 0.25) is 0 Å². The second-order valence-corrected chi connectivity index (χ2v) is 11.2. The van der Waals surface area contributed by atoms with E-state index in [2.05, 4.69) is 0 Å². The van der Waals surface area contributed by atoms with Crippen LogP contribution >= 0.6 is 0 Å². The van der Waals surface area contributed by atoms with Gasteiger partial charge in [0.2, 0.25) is 11.5 Å². The molecule has 3 aliphatic carbocycles. The summed E-state index contributed by atoms with van der Waals surface area (Å²) in [6.07, 6.45) is -0.495. The van der Waals surface area contributed by atoms with Gasteiger partial charge in [0, 0.05) is 60.1 Å². The van der Waals surface area contributed by atoms with Crippen molar-refractivity contribution < 1.29 is 57.3 Å². The first kappa shape index (κ1) is 30.5. The van der Waals surface area contributed by atoms with Crippen LogP contribution in [0.5, 0.6) is 5.75 Å². The van der Waals surface area contributed by atoms with Gasteiger partial charge in [-0.25, -0.2) is 0 Å². The number of fused-ring (bicyclic) bond motifs is 3. The molecule has 0 aromatic heterocycles. The highest BCUT2D eigenvalue weighted by Crippen LogP contribution is 2.60. The number of anilines is 1. The second kappa shape index (κ2) is 9.54. The van der Waals surface area contributed by atoms with E-state index in [1.54, 1.807) is 32.8 Å². The molecule has 4 rings (SSSR count). The maximum atomic E-state index is 13.7. The molecular formula is C23H25N3O13S-2. The summed E-state index contributed by atoms with van der Waals surface area (Å²) in [4.78, 5) is 50.3. The van der Waals surface area contributed by atoms with Gasteiger partial charge in [-0.3, -0.25) is 32.9 Å². The minimum Gasteiger partial charge on any atom is -0.759 e. The van der Waals surface area contributed by atoms with Crippen molar-refractivity contribution in [1.82, 2.24) is 0 Å². The Kier molecular flexibility index (Phi) is 7.27. The summed E-state index contributed by atoms with van der Waals surface area (Å²) in [5, 5.41) is 55.7. The van der Waals surface area contributed by atoms with Crippen molar-refractivity contribution in [1.29, 1.82) is 0 Å². The molecule has 0 radical (unpaired) electrons. The quantitative estimate of drug-likeness (QED) is 0.101. The van der Waals surface area contributed by atoms with E-state index in [-0.39, 0.29) is 17.6 Å². The number of benzene rings is 1. The Labute approximate surface area is 226 Å². The fourth-order valence-electron chi connectivity index (χ4n) is 5.81. The normalized spacial score (nSPS) is 25.3. The van der Waals surface area contributed by atoms with E-state index in [1.165, 1.54) is 6.07 Å². The first-order valence-electron chi connectivity index (χ1n) is 11.4. The predicted octanol–water partition coefficient (Wildman–Crippen LogP) is -0.205. The molecule has 16 nitrogen and oxygen atoms in total. The number of nitrogens with zero attached hydrogens (tertiary/aromatic N) is 2. The van der Waals surface area contributed by atoms with Crippen LogP contribution < -0.4 is 10.6 Å². The van der Waals surface area contributed by atoms with Crippen molar-refractivity contribution >= 4 is 45.0 Å². The molecule has 1 aromatic rings. The van der Waals surface area contributed by atoms with E-state index in [1.807, 2.05) is 0 Å². The molecule has 0 aliphatic heterocycles. The monoisotopic (exact) mass is 583 g/mol. The number of carbonyl (C=O) groups excluding carboxylic acids is 3. The van der Waals surface area contributed by atoms with Gasteiger partial charge >= 0.3 is 5.69 Å². The van der Waals surface area contributed by atoms with Crippen LogP contribution in [0.15, 0.2) is 23.0 Å². The fraction of sp³-hybridized carbons (Fsp3) is 0.435. The van der Waals surface area contributed by atoms with Gasteiger partial charge in [0.05, 0.1) is 10.5 Å². The number of nitro groups is 1. The molecule has 1 aromatic carbocycles. The molecule has 3 unspecified atom stereocenters. The number of phenols is 1. The Morgan fingerprint density at radius 2 is 1.70 bits per heavy atom. The van der Waals surface area contributed by atoms with E-state index in [0.717, 1.165) is 0 Å². The molecule has 3 aliphatic rings. The van der Waals surface area contributed by atoms with Crippen molar-refractivity contribution in [2.45, 2.75) is 37.7 Å². The number of carbonyl (C=O) groups is 3. The van der Waals surface area contributed by atoms with Crippen LogP contribution in [0.25, 0.3) is 5.76 Å². The summed E-state index contributed by atoms with van der Waals surface area (Å²) in [6.45, 7) is 3.43. The first-order valence-corrected chi connectivity index (χ1v) is 12.8. The lowest BCUT2D eigenvalue weighted by Crippen LogP contribution is -2.60.